The molecule has 0 heterocycles. The molecule has 4 aliphatic carbocycles. The van der Waals surface area contributed by atoms with Crippen LogP contribution in [0, 0.1) is 51.8 Å². The van der Waals surface area contributed by atoms with Crippen LogP contribution in [0.1, 0.15) is 99.3 Å². The highest BCUT2D eigenvalue weighted by atomic mass is 16.3. The van der Waals surface area contributed by atoms with E-state index in [2.05, 4.69) is 41.5 Å². The van der Waals surface area contributed by atoms with Crippen molar-refractivity contribution < 1.29 is 15.0 Å². The van der Waals surface area contributed by atoms with Crippen molar-refractivity contribution in [3.05, 3.63) is 0 Å². The first kappa shape index (κ1) is 22.8. The van der Waals surface area contributed by atoms with E-state index in [4.69, 9.17) is 0 Å². The normalized spacial score (nSPS) is 49.9. The van der Waals surface area contributed by atoms with Gasteiger partial charge in [-0.15, -0.1) is 0 Å². The number of rotatable bonds is 3. The van der Waals surface area contributed by atoms with Crippen LogP contribution in [0.25, 0.3) is 0 Å². The van der Waals surface area contributed by atoms with E-state index in [9.17, 15) is 15.0 Å². The van der Waals surface area contributed by atoms with E-state index < -0.39 is 12.2 Å². The van der Waals surface area contributed by atoms with Crippen LogP contribution in [-0.4, -0.2) is 28.2 Å². The van der Waals surface area contributed by atoms with Crippen molar-refractivity contribution in [3.63, 3.8) is 0 Å². The summed E-state index contributed by atoms with van der Waals surface area (Å²) in [5.74, 6) is 3.53. The molecule has 3 nitrogen and oxygen atoms in total. The summed E-state index contributed by atoms with van der Waals surface area (Å²) in [6.45, 7) is 14.4. The van der Waals surface area contributed by atoms with E-state index in [0.717, 1.165) is 18.3 Å². The third-order valence-electron chi connectivity index (χ3n) is 10.6. The predicted octanol–water partition coefficient (Wildman–Crippen LogP) is 5.62. The number of Topliss-reactive ketones (excluding diaryl/α,β-unsaturated/α-hetero) is 1. The molecule has 0 aromatic rings. The lowest BCUT2D eigenvalue weighted by Crippen LogP contribution is -2.59. The zero-order valence-electron chi connectivity index (χ0n) is 20.3. The van der Waals surface area contributed by atoms with Gasteiger partial charge in [0, 0.05) is 12.3 Å². The molecule has 0 saturated heterocycles. The summed E-state index contributed by atoms with van der Waals surface area (Å²) < 4.78 is 0. The fourth-order valence-electron chi connectivity index (χ4n) is 8.91. The van der Waals surface area contributed by atoms with Crippen molar-refractivity contribution in [2.24, 2.45) is 51.8 Å². The summed E-state index contributed by atoms with van der Waals surface area (Å²) in [4.78, 5) is 13.3. The molecule has 0 spiro atoms. The molecule has 10 atom stereocenters. The van der Waals surface area contributed by atoms with Gasteiger partial charge in [0.1, 0.15) is 5.78 Å². The Labute approximate surface area is 184 Å². The van der Waals surface area contributed by atoms with Gasteiger partial charge in [-0.25, -0.2) is 0 Å². The third kappa shape index (κ3) is 3.60. The van der Waals surface area contributed by atoms with Crippen LogP contribution in [0.3, 0.4) is 0 Å². The third-order valence-corrected chi connectivity index (χ3v) is 10.6. The molecule has 0 amide bonds. The number of carbonyl (C=O) groups excluding carboxylic acids is 1. The minimum atomic E-state index is -0.725. The topological polar surface area (TPSA) is 57.5 Å². The Hall–Kier alpha value is -0.410. The van der Waals surface area contributed by atoms with Gasteiger partial charge in [-0.05, 0) is 97.2 Å². The molecule has 4 saturated carbocycles. The summed E-state index contributed by atoms with van der Waals surface area (Å²) in [7, 11) is 0. The summed E-state index contributed by atoms with van der Waals surface area (Å²) in [5, 5.41) is 20.7. The Bertz CT molecular complexity index is 666. The van der Waals surface area contributed by atoms with Crippen molar-refractivity contribution >= 4 is 5.78 Å². The molecule has 2 N–H and O–H groups in total. The van der Waals surface area contributed by atoms with Crippen LogP contribution in [0.2, 0.25) is 0 Å². The number of hydrogen-bond donors (Lipinski definition) is 2. The zero-order chi connectivity index (χ0) is 22.1. The summed E-state index contributed by atoms with van der Waals surface area (Å²) >= 11 is 0. The standard InChI is InChI=1S/C27H46O3/c1-16(9-11-25(2,3)4)18-7-8-19-17-13-22(28)21-14-23(29)24(30)15-27(21,6)20(17)10-12-26(18,19)5/h16-21,23-24,29-30H,7-15H2,1-6H3/t16?,17-,18+,19-,20-,21+,23-,24+,26+,27+/m0/s1. The first-order valence-electron chi connectivity index (χ1n) is 12.8. The Balaban J connectivity index is 1.55. The second-order valence-electron chi connectivity index (χ2n) is 13.5. The van der Waals surface area contributed by atoms with Gasteiger partial charge in [0.15, 0.2) is 0 Å². The van der Waals surface area contributed by atoms with E-state index in [1.807, 2.05) is 0 Å². The van der Waals surface area contributed by atoms with Gasteiger partial charge in [0.25, 0.3) is 0 Å². The molecule has 172 valence electrons. The van der Waals surface area contributed by atoms with Gasteiger partial charge in [-0.1, -0.05) is 41.5 Å². The highest BCUT2D eigenvalue weighted by Gasteiger charge is 2.63. The lowest BCUT2D eigenvalue weighted by molar-refractivity contribution is -0.173. The maximum Gasteiger partial charge on any atom is 0.136 e. The van der Waals surface area contributed by atoms with Gasteiger partial charge in [-0.2, -0.15) is 0 Å². The minimum absolute atomic E-state index is 0.0515. The highest BCUT2D eigenvalue weighted by molar-refractivity contribution is 5.83. The summed E-state index contributed by atoms with van der Waals surface area (Å²) in [6, 6.07) is 0. The van der Waals surface area contributed by atoms with Crippen LogP contribution in [-0.2, 0) is 4.79 Å². The van der Waals surface area contributed by atoms with Gasteiger partial charge in [0.2, 0.25) is 0 Å². The summed E-state index contributed by atoms with van der Waals surface area (Å²) in [6.07, 6.45) is 8.07. The number of aliphatic hydroxyl groups is 2. The van der Waals surface area contributed by atoms with Crippen molar-refractivity contribution in [2.45, 2.75) is 112 Å². The quantitative estimate of drug-likeness (QED) is 0.625. The second kappa shape index (κ2) is 7.58. The lowest BCUT2D eigenvalue weighted by atomic mass is 9.44. The molecular formula is C27H46O3. The number of aliphatic hydroxyl groups excluding tert-OH is 2. The molecule has 4 aliphatic rings. The molecule has 4 rings (SSSR count). The molecule has 0 radical (unpaired) electrons. The van der Waals surface area contributed by atoms with Gasteiger partial charge >= 0.3 is 0 Å². The fourth-order valence-corrected chi connectivity index (χ4v) is 8.91. The number of hydrogen-bond acceptors (Lipinski definition) is 3. The largest absolute Gasteiger partial charge is 0.390 e. The SMILES string of the molecule is CC(CCC(C)(C)C)[C@H]1CC[C@H]2[C@@H]3CC(=O)[C@H]4C[C@H](O)[C@H](O)C[C@]4(C)[C@H]3CC[C@]12C. The van der Waals surface area contributed by atoms with Crippen molar-refractivity contribution in [3.8, 4) is 0 Å². The van der Waals surface area contributed by atoms with E-state index in [1.165, 1.54) is 38.5 Å². The Morgan fingerprint density at radius 3 is 2.37 bits per heavy atom. The lowest BCUT2D eigenvalue weighted by Gasteiger charge is -2.61. The van der Waals surface area contributed by atoms with Crippen LogP contribution < -0.4 is 0 Å². The van der Waals surface area contributed by atoms with E-state index in [-0.39, 0.29) is 11.3 Å². The van der Waals surface area contributed by atoms with Crippen molar-refractivity contribution in [1.82, 2.24) is 0 Å². The van der Waals surface area contributed by atoms with Gasteiger partial charge in [0.05, 0.1) is 12.2 Å². The molecule has 1 unspecified atom stereocenters. The van der Waals surface area contributed by atoms with Crippen molar-refractivity contribution in [2.75, 3.05) is 0 Å². The second-order valence-corrected chi connectivity index (χ2v) is 13.5. The monoisotopic (exact) mass is 418 g/mol. The van der Waals surface area contributed by atoms with E-state index in [0.29, 0.717) is 47.2 Å². The number of fused-ring (bicyclic) bond motifs is 5. The maximum atomic E-state index is 13.3. The summed E-state index contributed by atoms with van der Waals surface area (Å²) in [5.41, 5.74) is 0.640. The predicted molar refractivity (Wildman–Crippen MR) is 121 cm³/mol. The molecule has 0 aromatic carbocycles. The molecule has 0 aliphatic heterocycles. The zero-order valence-corrected chi connectivity index (χ0v) is 20.3. The smallest absolute Gasteiger partial charge is 0.136 e. The minimum Gasteiger partial charge on any atom is -0.390 e. The van der Waals surface area contributed by atoms with Crippen LogP contribution in [0.15, 0.2) is 0 Å². The average Bonchev–Trinajstić information content (AvgIpc) is 2.99. The van der Waals surface area contributed by atoms with E-state index >= 15 is 0 Å². The Kier molecular flexibility index (Phi) is 5.75. The Morgan fingerprint density at radius 1 is 1.03 bits per heavy atom. The Morgan fingerprint density at radius 2 is 1.70 bits per heavy atom. The molecule has 0 bridgehead atoms. The van der Waals surface area contributed by atoms with Gasteiger partial charge < -0.3 is 10.2 Å². The molecule has 3 heteroatoms. The first-order chi connectivity index (χ1) is 13.9. The molecule has 0 aromatic heterocycles. The van der Waals surface area contributed by atoms with Gasteiger partial charge in [-0.3, -0.25) is 4.79 Å². The highest BCUT2D eigenvalue weighted by Crippen LogP contribution is 2.67. The number of carbonyl (C=O) groups is 1. The average molecular weight is 419 g/mol. The molecular weight excluding hydrogens is 372 g/mol. The van der Waals surface area contributed by atoms with Crippen LogP contribution in [0.5, 0.6) is 0 Å². The number of ketones is 1. The van der Waals surface area contributed by atoms with Crippen LogP contribution >= 0.6 is 0 Å². The molecule has 30 heavy (non-hydrogen) atoms. The van der Waals surface area contributed by atoms with Crippen LogP contribution in [0.4, 0.5) is 0 Å². The molecule has 4 fully saturated rings. The van der Waals surface area contributed by atoms with Crippen molar-refractivity contribution in [1.29, 1.82) is 0 Å². The first-order valence-corrected chi connectivity index (χ1v) is 12.8. The maximum absolute atomic E-state index is 13.3. The van der Waals surface area contributed by atoms with E-state index in [1.54, 1.807) is 0 Å². The fraction of sp³-hybridized carbons (Fsp3) is 0.963.